The van der Waals surface area contributed by atoms with Crippen molar-refractivity contribution in [2.45, 2.75) is 64.5 Å². The quantitative estimate of drug-likeness (QED) is 0.121. The van der Waals surface area contributed by atoms with Crippen molar-refractivity contribution in [3.63, 3.8) is 0 Å². The molecule has 0 fully saturated rings. The molecule has 0 unspecified atom stereocenters. The largest absolute Gasteiger partial charge is 0.481 e. The van der Waals surface area contributed by atoms with E-state index < -0.39 is 11.1 Å². The number of rotatable bonds is 8. The van der Waals surface area contributed by atoms with Crippen LogP contribution in [0.1, 0.15) is 96.6 Å². The third-order valence-corrected chi connectivity index (χ3v) is 9.91. The fraction of sp³-hybridized carbons (Fsp3) is 0.333. The monoisotopic (exact) mass is 786 g/mol. The number of hydrogen-bond donors (Lipinski definition) is 4. The molecule has 0 saturated heterocycles. The second kappa shape index (κ2) is 15.4. The van der Waals surface area contributed by atoms with E-state index in [2.05, 4.69) is 40.5 Å². The summed E-state index contributed by atoms with van der Waals surface area (Å²) in [5, 5.41) is 9.80. The van der Waals surface area contributed by atoms with Crippen LogP contribution in [0, 0.1) is 0 Å². The molecule has 8 heterocycles. The third kappa shape index (κ3) is 7.88. The number of pyridine rings is 6. The summed E-state index contributed by atoms with van der Waals surface area (Å²) in [5.74, 6) is 2.80. The fourth-order valence-electron chi connectivity index (χ4n) is 6.87. The van der Waals surface area contributed by atoms with E-state index in [-0.39, 0.29) is 23.8 Å². The molecule has 6 aromatic rings. The van der Waals surface area contributed by atoms with Gasteiger partial charge in [0.05, 0.1) is 60.7 Å². The fourth-order valence-corrected chi connectivity index (χ4v) is 6.87. The van der Waals surface area contributed by atoms with Crippen LogP contribution in [0.5, 0.6) is 11.8 Å². The molecule has 2 atom stereocenters. The predicted molar refractivity (Wildman–Crippen MR) is 219 cm³/mol. The number of hydrogen-bond acceptors (Lipinski definition) is 16. The van der Waals surface area contributed by atoms with Gasteiger partial charge in [0, 0.05) is 47.7 Å². The molecule has 0 aliphatic carbocycles. The highest BCUT2D eigenvalue weighted by Gasteiger charge is 2.28. The number of esters is 2. The molecule has 6 N–H and O–H groups in total. The van der Waals surface area contributed by atoms with Crippen molar-refractivity contribution in [1.82, 2.24) is 29.9 Å². The van der Waals surface area contributed by atoms with Crippen molar-refractivity contribution in [2.24, 2.45) is 11.5 Å². The van der Waals surface area contributed by atoms with Gasteiger partial charge >= 0.3 is 11.9 Å². The van der Waals surface area contributed by atoms with Gasteiger partial charge in [0.25, 0.3) is 0 Å². The standard InChI is InChI=1S/2C21H23N5O3/c2*1-11-10-29-20(27)12-5-6-16(26-18(11)12)25-17-7-13-14(8-23-17)19(28-4)24-9-15(13)21(2,3)22/h2*5-9,11H,10,22H2,1-4H3,(H,23,25,26)/t2*11-/m10/s1. The van der Waals surface area contributed by atoms with Crippen LogP contribution in [0.2, 0.25) is 0 Å². The first-order valence-corrected chi connectivity index (χ1v) is 18.7. The molecule has 6 aromatic heterocycles. The lowest BCUT2D eigenvalue weighted by atomic mass is 9.93. The highest BCUT2D eigenvalue weighted by molar-refractivity contribution is 5.94. The number of carbonyl (C=O) groups is 2. The van der Waals surface area contributed by atoms with Gasteiger partial charge in [-0.15, -0.1) is 0 Å². The minimum Gasteiger partial charge on any atom is -0.481 e. The number of fused-ring (bicyclic) bond motifs is 4. The average Bonchev–Trinajstić information content (AvgIpc) is 3.19. The normalized spacial score (nSPS) is 16.3. The van der Waals surface area contributed by atoms with Crippen LogP contribution in [-0.2, 0) is 20.6 Å². The minimum absolute atomic E-state index is 0.0361. The number of nitrogens with zero attached hydrogens (tertiary/aromatic N) is 6. The van der Waals surface area contributed by atoms with E-state index in [0.717, 1.165) is 44.1 Å². The molecule has 0 amide bonds. The van der Waals surface area contributed by atoms with Gasteiger partial charge in [0.2, 0.25) is 11.8 Å². The second-order valence-electron chi connectivity index (χ2n) is 15.5. The van der Waals surface area contributed by atoms with E-state index >= 15 is 0 Å². The zero-order valence-corrected chi connectivity index (χ0v) is 33.6. The molecule has 0 aromatic carbocycles. The Morgan fingerprint density at radius 1 is 0.603 bits per heavy atom. The summed E-state index contributed by atoms with van der Waals surface area (Å²) in [6.45, 7) is 12.3. The van der Waals surface area contributed by atoms with Crippen molar-refractivity contribution >= 4 is 56.8 Å². The topological polar surface area (TPSA) is 224 Å². The van der Waals surface area contributed by atoms with Crippen molar-refractivity contribution < 1.29 is 28.5 Å². The summed E-state index contributed by atoms with van der Waals surface area (Å²) >= 11 is 0. The van der Waals surface area contributed by atoms with Crippen LogP contribution in [-0.4, -0.2) is 69.3 Å². The van der Waals surface area contributed by atoms with Gasteiger partial charge in [0.15, 0.2) is 0 Å². The van der Waals surface area contributed by atoms with Crippen LogP contribution in [0.3, 0.4) is 0 Å². The number of carbonyl (C=O) groups excluding carboxylic acids is 2. The number of anilines is 4. The number of aromatic nitrogens is 6. The smallest absolute Gasteiger partial charge is 0.340 e. The van der Waals surface area contributed by atoms with Crippen LogP contribution in [0.25, 0.3) is 21.5 Å². The van der Waals surface area contributed by atoms with Gasteiger partial charge in [-0.2, -0.15) is 0 Å². The maximum atomic E-state index is 11.9. The molecule has 300 valence electrons. The molecule has 58 heavy (non-hydrogen) atoms. The van der Waals surface area contributed by atoms with E-state index in [1.807, 2.05) is 53.7 Å². The van der Waals surface area contributed by atoms with Gasteiger partial charge < -0.3 is 41.0 Å². The number of nitrogens with two attached hydrogens (primary N) is 2. The predicted octanol–water partition coefficient (Wildman–Crippen LogP) is 6.49. The van der Waals surface area contributed by atoms with Gasteiger partial charge in [-0.25, -0.2) is 39.5 Å². The van der Waals surface area contributed by atoms with Crippen LogP contribution in [0.15, 0.2) is 61.2 Å². The SMILES string of the molecule is COc1ncc(C(C)(C)N)c2cc(Nc3ccc4c(n3)[C@@H](C)COC4=O)ncc12.COc1ncc(C(C)(C)N)c2cc(Nc3ccc4c(n3)[C@H](C)COC4=O)ncc12. The molecule has 0 radical (unpaired) electrons. The van der Waals surface area contributed by atoms with Crippen molar-refractivity contribution in [3.8, 4) is 11.8 Å². The Bertz CT molecular complexity index is 2390. The van der Waals surface area contributed by atoms with Crippen LogP contribution >= 0.6 is 0 Å². The number of nitrogens with one attached hydrogen (secondary N) is 2. The lowest BCUT2D eigenvalue weighted by molar-refractivity contribution is 0.0436. The average molecular weight is 787 g/mol. The first-order valence-electron chi connectivity index (χ1n) is 18.7. The highest BCUT2D eigenvalue weighted by atomic mass is 16.5. The van der Waals surface area contributed by atoms with E-state index in [4.69, 9.17) is 30.4 Å². The zero-order chi connectivity index (χ0) is 41.5. The zero-order valence-electron chi connectivity index (χ0n) is 33.6. The molecule has 2 aliphatic heterocycles. The Hall–Kier alpha value is -6.52. The maximum absolute atomic E-state index is 11.9. The Balaban J connectivity index is 0.000000177. The summed E-state index contributed by atoms with van der Waals surface area (Å²) in [7, 11) is 3.15. The third-order valence-electron chi connectivity index (χ3n) is 9.91. The van der Waals surface area contributed by atoms with Gasteiger partial charge in [-0.3, -0.25) is 0 Å². The molecule has 16 nitrogen and oxygen atoms in total. The maximum Gasteiger partial charge on any atom is 0.340 e. The number of methoxy groups -OCH3 is 2. The number of ether oxygens (including phenoxy) is 4. The van der Waals surface area contributed by atoms with E-state index in [1.165, 1.54) is 0 Å². The van der Waals surface area contributed by atoms with E-state index in [0.29, 0.717) is 59.4 Å². The lowest BCUT2D eigenvalue weighted by Gasteiger charge is -2.22. The molecule has 0 bridgehead atoms. The molecule has 8 rings (SSSR count). The summed E-state index contributed by atoms with van der Waals surface area (Å²) in [6.07, 6.45) is 6.87. The Morgan fingerprint density at radius 2 is 1.00 bits per heavy atom. The summed E-state index contributed by atoms with van der Waals surface area (Å²) in [6, 6.07) is 10.7. The molecular formula is C42H46N10O6. The summed E-state index contributed by atoms with van der Waals surface area (Å²) in [5.41, 5.74) is 15.7. The van der Waals surface area contributed by atoms with Gasteiger partial charge in [0.1, 0.15) is 23.3 Å². The molecule has 16 heteroatoms. The van der Waals surface area contributed by atoms with Gasteiger partial charge in [-0.1, -0.05) is 13.8 Å². The van der Waals surface area contributed by atoms with Gasteiger partial charge in [-0.05, 0) is 86.0 Å². The summed E-state index contributed by atoms with van der Waals surface area (Å²) in [4.78, 5) is 50.7. The Kier molecular flexibility index (Phi) is 10.6. The molecule has 0 spiro atoms. The first-order chi connectivity index (χ1) is 27.5. The lowest BCUT2D eigenvalue weighted by Crippen LogP contribution is -2.29. The Morgan fingerprint density at radius 3 is 1.36 bits per heavy atom. The van der Waals surface area contributed by atoms with Crippen LogP contribution < -0.4 is 31.6 Å². The minimum atomic E-state index is -0.587. The van der Waals surface area contributed by atoms with Crippen molar-refractivity contribution in [2.75, 3.05) is 38.1 Å². The highest BCUT2D eigenvalue weighted by Crippen LogP contribution is 2.35. The molecule has 0 saturated carbocycles. The summed E-state index contributed by atoms with van der Waals surface area (Å²) < 4.78 is 21.0. The Labute approximate surface area is 335 Å². The first kappa shape index (κ1) is 39.7. The van der Waals surface area contributed by atoms with E-state index in [1.54, 1.807) is 63.3 Å². The van der Waals surface area contributed by atoms with Crippen molar-refractivity contribution in [1.29, 1.82) is 0 Å². The van der Waals surface area contributed by atoms with Crippen molar-refractivity contribution in [3.05, 3.63) is 94.8 Å². The molecule has 2 aliphatic rings. The van der Waals surface area contributed by atoms with Crippen LogP contribution in [0.4, 0.5) is 23.3 Å². The number of cyclic esters (lactones) is 2. The second-order valence-corrected chi connectivity index (χ2v) is 15.5. The van der Waals surface area contributed by atoms with E-state index in [9.17, 15) is 9.59 Å². The molecular weight excluding hydrogens is 741 g/mol.